The summed E-state index contributed by atoms with van der Waals surface area (Å²) in [7, 11) is 0. The molecule has 3 aliphatic carbocycles. The van der Waals surface area contributed by atoms with Gasteiger partial charge in [0.25, 0.3) is 0 Å². The predicted octanol–water partition coefficient (Wildman–Crippen LogP) is 9.33. The first-order chi connectivity index (χ1) is 16.8. The zero-order valence-electron chi connectivity index (χ0n) is 22.3. The lowest BCUT2D eigenvalue weighted by molar-refractivity contribution is 0.126. The maximum atomic E-state index is 10.9. The molecule has 190 valence electrons. The van der Waals surface area contributed by atoms with Crippen LogP contribution in [0.4, 0.5) is 0 Å². The zero-order chi connectivity index (χ0) is 24.6. The molecule has 2 aromatic rings. The van der Waals surface area contributed by atoms with E-state index in [1.807, 2.05) is 12.1 Å². The lowest BCUT2D eigenvalue weighted by Crippen LogP contribution is -2.41. The van der Waals surface area contributed by atoms with Crippen molar-refractivity contribution in [2.45, 2.75) is 121 Å². The molecule has 0 spiro atoms. The number of hydrogen-bond acceptors (Lipinski definition) is 2. The molecular weight excluding hydrogens is 428 g/mol. The lowest BCUT2D eigenvalue weighted by atomic mass is 9.55. The Balaban J connectivity index is 1.63. The van der Waals surface area contributed by atoms with Crippen molar-refractivity contribution >= 4 is 0 Å². The summed E-state index contributed by atoms with van der Waals surface area (Å²) >= 11 is 0. The Kier molecular flexibility index (Phi) is 6.94. The highest BCUT2D eigenvalue weighted by Crippen LogP contribution is 2.55. The molecule has 0 bridgehead atoms. The van der Waals surface area contributed by atoms with Crippen LogP contribution in [0.25, 0.3) is 0 Å². The van der Waals surface area contributed by atoms with Gasteiger partial charge in [-0.2, -0.15) is 0 Å². The van der Waals surface area contributed by atoms with Crippen molar-refractivity contribution in [2.24, 2.45) is 11.3 Å². The molecular formula is C33H46O2. The van der Waals surface area contributed by atoms with Gasteiger partial charge in [0.1, 0.15) is 11.5 Å². The predicted molar refractivity (Wildman–Crippen MR) is 145 cm³/mol. The molecule has 0 aromatic heterocycles. The molecule has 2 nitrogen and oxygen atoms in total. The van der Waals surface area contributed by atoms with Crippen molar-refractivity contribution in [2.75, 3.05) is 0 Å². The average Bonchev–Trinajstić information content (AvgIpc) is 2.84. The minimum atomic E-state index is -0.0879. The van der Waals surface area contributed by atoms with Gasteiger partial charge in [-0.3, -0.25) is 0 Å². The molecule has 1 unspecified atom stereocenters. The van der Waals surface area contributed by atoms with Gasteiger partial charge in [0.15, 0.2) is 0 Å². The number of hydrogen-bond donors (Lipinski definition) is 2. The molecule has 3 saturated carbocycles. The molecule has 0 saturated heterocycles. The molecule has 2 heteroatoms. The van der Waals surface area contributed by atoms with Crippen molar-refractivity contribution in [3.05, 3.63) is 58.7 Å². The highest BCUT2D eigenvalue weighted by Gasteiger charge is 2.46. The second-order valence-electron chi connectivity index (χ2n) is 13.2. The summed E-state index contributed by atoms with van der Waals surface area (Å²) in [5.74, 6) is 2.54. The van der Waals surface area contributed by atoms with Crippen LogP contribution in [0.1, 0.15) is 138 Å². The van der Waals surface area contributed by atoms with Gasteiger partial charge in [-0.15, -0.1) is 0 Å². The summed E-state index contributed by atoms with van der Waals surface area (Å²) in [6.45, 7) is 7.28. The minimum absolute atomic E-state index is 0.0879. The fourth-order valence-corrected chi connectivity index (χ4v) is 8.36. The molecule has 0 amide bonds. The van der Waals surface area contributed by atoms with Crippen LogP contribution in [0.5, 0.6) is 11.5 Å². The van der Waals surface area contributed by atoms with Crippen LogP contribution < -0.4 is 0 Å². The molecule has 3 aliphatic rings. The van der Waals surface area contributed by atoms with Crippen molar-refractivity contribution < 1.29 is 10.2 Å². The van der Waals surface area contributed by atoms with E-state index in [0.29, 0.717) is 29.3 Å². The highest BCUT2D eigenvalue weighted by molar-refractivity contribution is 5.50. The maximum Gasteiger partial charge on any atom is 0.119 e. The van der Waals surface area contributed by atoms with Crippen LogP contribution in [0, 0.1) is 11.3 Å². The van der Waals surface area contributed by atoms with Crippen LogP contribution in [0.3, 0.4) is 0 Å². The Hall–Kier alpha value is -1.96. The number of phenols is 2. The van der Waals surface area contributed by atoms with Gasteiger partial charge >= 0.3 is 0 Å². The summed E-state index contributed by atoms with van der Waals surface area (Å²) in [6, 6.07) is 13.1. The third-order valence-electron chi connectivity index (χ3n) is 9.63. The van der Waals surface area contributed by atoms with Crippen LogP contribution in [-0.2, 0) is 5.41 Å². The smallest absolute Gasteiger partial charge is 0.119 e. The van der Waals surface area contributed by atoms with E-state index in [1.54, 1.807) is 0 Å². The Labute approximate surface area is 213 Å². The van der Waals surface area contributed by atoms with E-state index in [2.05, 4.69) is 45.0 Å². The Morgan fingerprint density at radius 3 is 1.54 bits per heavy atom. The standard InChI is InChI=1S/C33H46O2/c1-23-20-32(2,3)22-33(21-23,26-14-16-30(34)28(18-26)24-10-6-4-7-11-24)27-15-17-31(35)29(19-27)25-12-8-5-9-13-25/h14-19,23-25,34-35H,4-13,20-22H2,1-3H3. The summed E-state index contributed by atoms with van der Waals surface area (Å²) in [5.41, 5.74) is 5.23. The van der Waals surface area contributed by atoms with Gasteiger partial charge in [0.2, 0.25) is 0 Å². The van der Waals surface area contributed by atoms with Crippen molar-refractivity contribution in [1.29, 1.82) is 0 Å². The quantitative estimate of drug-likeness (QED) is 0.463. The summed E-state index contributed by atoms with van der Waals surface area (Å²) in [6.07, 6.45) is 16.0. The maximum absolute atomic E-state index is 10.9. The van der Waals surface area contributed by atoms with Gasteiger partial charge in [0.05, 0.1) is 0 Å². The SMILES string of the molecule is CC1CC(C)(C)CC(c2ccc(O)c(C3CCCCC3)c2)(c2ccc(O)c(C3CCCCC3)c2)C1. The number of phenolic OH excluding ortho intramolecular Hbond substituents is 2. The van der Waals surface area contributed by atoms with E-state index in [4.69, 9.17) is 0 Å². The van der Waals surface area contributed by atoms with Gasteiger partial charge in [-0.25, -0.2) is 0 Å². The topological polar surface area (TPSA) is 40.5 Å². The molecule has 0 heterocycles. The molecule has 1 atom stereocenters. The third-order valence-corrected chi connectivity index (χ3v) is 9.63. The highest BCUT2D eigenvalue weighted by atomic mass is 16.3. The first-order valence-corrected chi connectivity index (χ1v) is 14.4. The summed E-state index contributed by atoms with van der Waals surface area (Å²) in [5, 5.41) is 21.8. The van der Waals surface area contributed by atoms with E-state index >= 15 is 0 Å². The molecule has 0 radical (unpaired) electrons. The first kappa shape index (κ1) is 24.7. The minimum Gasteiger partial charge on any atom is -0.508 e. The van der Waals surface area contributed by atoms with E-state index in [0.717, 1.165) is 12.8 Å². The van der Waals surface area contributed by atoms with Crippen LogP contribution in [0.2, 0.25) is 0 Å². The summed E-state index contributed by atoms with van der Waals surface area (Å²) < 4.78 is 0. The third kappa shape index (κ3) is 5.00. The number of aromatic hydroxyl groups is 2. The fourth-order valence-electron chi connectivity index (χ4n) is 8.36. The van der Waals surface area contributed by atoms with Crippen molar-refractivity contribution in [1.82, 2.24) is 0 Å². The lowest BCUT2D eigenvalue weighted by Gasteiger charge is -2.49. The Bertz CT molecular complexity index is 956. The van der Waals surface area contributed by atoms with E-state index in [1.165, 1.54) is 92.9 Å². The Morgan fingerprint density at radius 1 is 0.657 bits per heavy atom. The molecule has 35 heavy (non-hydrogen) atoms. The van der Waals surface area contributed by atoms with E-state index < -0.39 is 0 Å². The normalized spacial score (nSPS) is 25.4. The summed E-state index contributed by atoms with van der Waals surface area (Å²) in [4.78, 5) is 0. The molecule has 2 N–H and O–H groups in total. The average molecular weight is 475 g/mol. The van der Waals surface area contributed by atoms with E-state index in [9.17, 15) is 10.2 Å². The molecule has 0 aliphatic heterocycles. The molecule has 5 rings (SSSR count). The fraction of sp³-hybridized carbons (Fsp3) is 0.636. The van der Waals surface area contributed by atoms with Crippen LogP contribution >= 0.6 is 0 Å². The van der Waals surface area contributed by atoms with Crippen molar-refractivity contribution in [3.63, 3.8) is 0 Å². The van der Waals surface area contributed by atoms with Gasteiger partial charge in [-0.05, 0) is 103 Å². The molecule has 3 fully saturated rings. The first-order valence-electron chi connectivity index (χ1n) is 14.4. The van der Waals surface area contributed by atoms with Gasteiger partial charge < -0.3 is 10.2 Å². The van der Waals surface area contributed by atoms with Crippen LogP contribution in [-0.4, -0.2) is 10.2 Å². The molecule has 2 aromatic carbocycles. The second-order valence-corrected chi connectivity index (χ2v) is 13.2. The van der Waals surface area contributed by atoms with E-state index in [-0.39, 0.29) is 10.8 Å². The zero-order valence-corrected chi connectivity index (χ0v) is 22.3. The monoisotopic (exact) mass is 474 g/mol. The number of rotatable bonds is 4. The van der Waals surface area contributed by atoms with Gasteiger partial charge in [-0.1, -0.05) is 83.6 Å². The van der Waals surface area contributed by atoms with Crippen molar-refractivity contribution in [3.8, 4) is 11.5 Å². The largest absolute Gasteiger partial charge is 0.508 e. The second kappa shape index (κ2) is 9.83. The Morgan fingerprint density at radius 2 is 1.11 bits per heavy atom. The van der Waals surface area contributed by atoms with Gasteiger partial charge in [0, 0.05) is 5.41 Å². The number of benzene rings is 2. The van der Waals surface area contributed by atoms with Crippen LogP contribution in [0.15, 0.2) is 36.4 Å².